The van der Waals surface area contributed by atoms with Gasteiger partial charge in [-0.05, 0) is 34.9 Å². The third-order valence-corrected chi connectivity index (χ3v) is 4.38. The van der Waals surface area contributed by atoms with Crippen LogP contribution < -0.4 is 16.4 Å². The molecule has 2 aromatic carbocycles. The van der Waals surface area contributed by atoms with Crippen LogP contribution in [0.3, 0.4) is 0 Å². The lowest BCUT2D eigenvalue weighted by Gasteiger charge is -2.14. The van der Waals surface area contributed by atoms with Gasteiger partial charge in [-0.2, -0.15) is 5.10 Å². The van der Waals surface area contributed by atoms with E-state index in [0.29, 0.717) is 24.6 Å². The van der Waals surface area contributed by atoms with Crippen molar-refractivity contribution in [3.8, 4) is 0 Å². The van der Waals surface area contributed by atoms with E-state index in [-0.39, 0.29) is 24.0 Å². The number of amides is 1. The predicted octanol–water partition coefficient (Wildman–Crippen LogP) is 2.51. The molecule has 29 heavy (non-hydrogen) atoms. The van der Waals surface area contributed by atoms with Gasteiger partial charge in [0.05, 0.1) is 6.54 Å². The predicted molar refractivity (Wildman–Crippen MR) is 125 cm³/mol. The van der Waals surface area contributed by atoms with E-state index in [0.717, 1.165) is 12.1 Å². The first-order chi connectivity index (χ1) is 13.7. The minimum absolute atomic E-state index is 0. The van der Waals surface area contributed by atoms with E-state index < -0.39 is 5.91 Å². The van der Waals surface area contributed by atoms with Crippen molar-refractivity contribution >= 4 is 35.8 Å². The van der Waals surface area contributed by atoms with Gasteiger partial charge in [0, 0.05) is 38.1 Å². The largest absolute Gasteiger partial charge is 0.366 e. The van der Waals surface area contributed by atoms with Gasteiger partial charge in [0.2, 0.25) is 5.91 Å². The summed E-state index contributed by atoms with van der Waals surface area (Å²) in [6.07, 6.45) is 3.73. The van der Waals surface area contributed by atoms with E-state index >= 15 is 0 Å². The molecule has 152 valence electrons. The Morgan fingerprint density at radius 2 is 1.72 bits per heavy atom. The Morgan fingerprint density at radius 1 is 1.03 bits per heavy atom. The number of halogens is 1. The lowest BCUT2D eigenvalue weighted by Crippen LogP contribution is -2.36. The molecule has 0 aliphatic carbocycles. The second-order valence-corrected chi connectivity index (χ2v) is 6.31. The van der Waals surface area contributed by atoms with Gasteiger partial charge in [-0.25, -0.2) is 0 Å². The molecule has 0 atom stereocenters. The maximum atomic E-state index is 11.1. The summed E-state index contributed by atoms with van der Waals surface area (Å²) in [4.78, 5) is 15.4. The molecule has 1 heterocycles. The van der Waals surface area contributed by atoms with Crippen LogP contribution in [0.15, 0.2) is 72.0 Å². The zero-order chi connectivity index (χ0) is 19.8. The Balaban J connectivity index is 0.00000300. The van der Waals surface area contributed by atoms with Crippen LogP contribution in [-0.4, -0.2) is 28.7 Å². The van der Waals surface area contributed by atoms with Crippen molar-refractivity contribution in [1.82, 2.24) is 20.4 Å². The number of primary amides is 1. The van der Waals surface area contributed by atoms with Crippen molar-refractivity contribution < 1.29 is 4.79 Å². The van der Waals surface area contributed by atoms with Crippen LogP contribution in [0.25, 0.3) is 0 Å². The standard InChI is InChI=1S/C21H24N6O.HI/c1-23-21(24-13-16-7-9-17(10-8-16)20(22)28)25-14-18-5-2-3-6-19(18)15-27-12-4-11-26-27;/h2-12H,13-15H2,1H3,(H2,22,28)(H2,23,24,25);1H. The van der Waals surface area contributed by atoms with Crippen LogP contribution in [-0.2, 0) is 19.6 Å². The molecule has 7 nitrogen and oxygen atoms in total. The van der Waals surface area contributed by atoms with Crippen molar-refractivity contribution in [3.63, 3.8) is 0 Å². The summed E-state index contributed by atoms with van der Waals surface area (Å²) in [5.41, 5.74) is 9.19. The summed E-state index contributed by atoms with van der Waals surface area (Å²) in [7, 11) is 1.74. The number of carbonyl (C=O) groups is 1. The number of nitrogens with zero attached hydrogens (tertiary/aromatic N) is 3. The zero-order valence-electron chi connectivity index (χ0n) is 16.2. The molecule has 0 radical (unpaired) electrons. The highest BCUT2D eigenvalue weighted by molar-refractivity contribution is 14.0. The summed E-state index contributed by atoms with van der Waals surface area (Å²) >= 11 is 0. The fraction of sp³-hybridized carbons (Fsp3) is 0.190. The molecule has 3 rings (SSSR count). The average Bonchev–Trinajstić information content (AvgIpc) is 3.22. The van der Waals surface area contributed by atoms with Gasteiger partial charge in [-0.15, -0.1) is 24.0 Å². The van der Waals surface area contributed by atoms with Crippen LogP contribution in [0.1, 0.15) is 27.0 Å². The molecule has 0 aliphatic heterocycles. The molecular formula is C21H25IN6O. The van der Waals surface area contributed by atoms with E-state index in [4.69, 9.17) is 5.73 Å². The van der Waals surface area contributed by atoms with Crippen LogP contribution >= 0.6 is 24.0 Å². The Hall–Kier alpha value is -2.88. The summed E-state index contributed by atoms with van der Waals surface area (Å²) < 4.78 is 1.90. The van der Waals surface area contributed by atoms with Crippen molar-refractivity contribution in [2.45, 2.75) is 19.6 Å². The zero-order valence-corrected chi connectivity index (χ0v) is 18.5. The number of aromatic nitrogens is 2. The first-order valence-corrected chi connectivity index (χ1v) is 9.03. The van der Waals surface area contributed by atoms with Gasteiger partial charge in [-0.1, -0.05) is 36.4 Å². The molecular weight excluding hydrogens is 479 g/mol. The summed E-state index contributed by atoms with van der Waals surface area (Å²) in [5, 5.41) is 10.9. The first kappa shape index (κ1) is 22.4. The number of hydrogen-bond donors (Lipinski definition) is 3. The number of guanidine groups is 1. The lowest BCUT2D eigenvalue weighted by atomic mass is 10.1. The fourth-order valence-corrected chi connectivity index (χ4v) is 2.82. The lowest BCUT2D eigenvalue weighted by molar-refractivity contribution is 0.100. The van der Waals surface area contributed by atoms with Crippen molar-refractivity contribution in [1.29, 1.82) is 0 Å². The molecule has 3 aromatic rings. The monoisotopic (exact) mass is 504 g/mol. The topological polar surface area (TPSA) is 97.3 Å². The van der Waals surface area contributed by atoms with Gasteiger partial charge in [0.15, 0.2) is 5.96 Å². The van der Waals surface area contributed by atoms with Gasteiger partial charge < -0.3 is 16.4 Å². The van der Waals surface area contributed by atoms with Crippen molar-refractivity contribution in [3.05, 3.63) is 89.2 Å². The highest BCUT2D eigenvalue weighted by atomic mass is 127. The Labute approximate surface area is 187 Å². The van der Waals surface area contributed by atoms with E-state index in [1.165, 1.54) is 11.1 Å². The SMILES string of the molecule is CN=C(NCc1ccc(C(N)=O)cc1)NCc1ccccc1Cn1cccn1.I. The summed E-state index contributed by atoms with van der Waals surface area (Å²) in [5.74, 6) is 0.277. The molecule has 0 saturated heterocycles. The molecule has 0 fully saturated rings. The number of carbonyl (C=O) groups excluding carboxylic acids is 1. The molecule has 1 amide bonds. The first-order valence-electron chi connectivity index (χ1n) is 9.03. The Bertz CT molecular complexity index is 938. The molecule has 4 N–H and O–H groups in total. The summed E-state index contributed by atoms with van der Waals surface area (Å²) in [6.45, 7) is 1.97. The molecule has 0 spiro atoms. The van der Waals surface area contributed by atoms with Gasteiger partial charge in [0.1, 0.15) is 0 Å². The van der Waals surface area contributed by atoms with Crippen LogP contribution in [0.2, 0.25) is 0 Å². The van der Waals surface area contributed by atoms with Gasteiger partial charge >= 0.3 is 0 Å². The average molecular weight is 504 g/mol. The molecule has 0 aliphatic rings. The number of hydrogen-bond acceptors (Lipinski definition) is 3. The second kappa shape index (κ2) is 11.2. The third kappa shape index (κ3) is 6.60. The number of aliphatic imine (C=N–C) groups is 1. The molecule has 8 heteroatoms. The number of rotatable bonds is 7. The van der Waals surface area contributed by atoms with E-state index in [9.17, 15) is 4.79 Å². The quantitative estimate of drug-likeness (QED) is 0.262. The second-order valence-electron chi connectivity index (χ2n) is 6.31. The third-order valence-electron chi connectivity index (χ3n) is 4.38. The fourth-order valence-electron chi connectivity index (χ4n) is 2.82. The highest BCUT2D eigenvalue weighted by Crippen LogP contribution is 2.10. The normalized spacial score (nSPS) is 10.9. The van der Waals surface area contributed by atoms with Gasteiger partial charge in [-0.3, -0.25) is 14.5 Å². The molecule has 0 bridgehead atoms. The number of nitrogens with one attached hydrogen (secondary N) is 2. The minimum atomic E-state index is -0.425. The van der Waals surface area contributed by atoms with Crippen LogP contribution in [0.5, 0.6) is 0 Å². The van der Waals surface area contributed by atoms with E-state index in [1.807, 2.05) is 41.2 Å². The van der Waals surface area contributed by atoms with Crippen molar-refractivity contribution in [2.24, 2.45) is 10.7 Å². The smallest absolute Gasteiger partial charge is 0.248 e. The van der Waals surface area contributed by atoms with E-state index in [2.05, 4.69) is 32.9 Å². The Kier molecular flexibility index (Phi) is 8.66. The molecule has 1 aromatic heterocycles. The maximum Gasteiger partial charge on any atom is 0.248 e. The number of benzene rings is 2. The molecule has 0 saturated carbocycles. The molecule has 0 unspecified atom stereocenters. The number of nitrogens with two attached hydrogens (primary N) is 1. The minimum Gasteiger partial charge on any atom is -0.366 e. The maximum absolute atomic E-state index is 11.1. The van der Waals surface area contributed by atoms with Crippen LogP contribution in [0, 0.1) is 0 Å². The van der Waals surface area contributed by atoms with Crippen LogP contribution in [0.4, 0.5) is 0 Å². The van der Waals surface area contributed by atoms with Gasteiger partial charge in [0.25, 0.3) is 0 Å². The summed E-state index contributed by atoms with van der Waals surface area (Å²) in [6, 6.07) is 17.4. The highest BCUT2D eigenvalue weighted by Gasteiger charge is 2.05. The Morgan fingerprint density at radius 3 is 2.34 bits per heavy atom. The van der Waals surface area contributed by atoms with Crippen molar-refractivity contribution in [2.75, 3.05) is 7.05 Å². The van der Waals surface area contributed by atoms with E-state index in [1.54, 1.807) is 25.4 Å².